The van der Waals surface area contributed by atoms with E-state index in [1.165, 1.54) is 12.0 Å². The van der Waals surface area contributed by atoms with Crippen LogP contribution in [0.3, 0.4) is 0 Å². The number of carbonyl (C=O) groups excluding carboxylic acids is 3. The van der Waals surface area contributed by atoms with Crippen LogP contribution in [0.15, 0.2) is 59.5 Å². The van der Waals surface area contributed by atoms with Gasteiger partial charge in [-0.15, -0.1) is 0 Å². The van der Waals surface area contributed by atoms with Crippen molar-refractivity contribution in [3.8, 4) is 11.4 Å². The Balaban J connectivity index is 1.54. The lowest BCUT2D eigenvalue weighted by molar-refractivity contribution is -0.123. The van der Waals surface area contributed by atoms with Crippen molar-refractivity contribution in [3.63, 3.8) is 0 Å². The van der Waals surface area contributed by atoms with Gasteiger partial charge in [-0.3, -0.25) is 14.5 Å². The summed E-state index contributed by atoms with van der Waals surface area (Å²) in [6, 6.07) is 16.0. The van der Waals surface area contributed by atoms with Gasteiger partial charge in [-0.2, -0.15) is 0 Å². The fraction of sp³-hybridized carbons (Fsp3) is 0.192. The van der Waals surface area contributed by atoms with Gasteiger partial charge in [0.15, 0.2) is 0 Å². The van der Waals surface area contributed by atoms with Crippen molar-refractivity contribution in [1.82, 2.24) is 9.47 Å². The third kappa shape index (κ3) is 5.13. The number of imide groups is 1. The number of esters is 1. The lowest BCUT2D eigenvalue weighted by Crippen LogP contribution is -2.32. The number of hydrogen-bond acceptors (Lipinski definition) is 6. The van der Waals surface area contributed by atoms with Crippen LogP contribution in [0.1, 0.15) is 27.3 Å². The molecule has 0 atom stereocenters. The second-order valence-corrected chi connectivity index (χ2v) is 9.24. The van der Waals surface area contributed by atoms with Crippen molar-refractivity contribution in [1.29, 1.82) is 0 Å². The summed E-state index contributed by atoms with van der Waals surface area (Å²) in [5.41, 5.74) is 3.60. The van der Waals surface area contributed by atoms with Crippen LogP contribution in [-0.4, -0.2) is 46.8 Å². The average Bonchev–Trinajstić information content (AvgIpc) is 3.28. The van der Waals surface area contributed by atoms with E-state index in [9.17, 15) is 14.4 Å². The lowest BCUT2D eigenvalue weighted by atomic mass is 10.1. The summed E-state index contributed by atoms with van der Waals surface area (Å²) in [5, 5.41) is 0.257. The maximum Gasteiger partial charge on any atom is 0.339 e. The molecule has 2 heterocycles. The van der Waals surface area contributed by atoms with Crippen LogP contribution in [0, 0.1) is 13.8 Å². The van der Waals surface area contributed by atoms with E-state index in [1.807, 2.05) is 36.6 Å². The highest BCUT2D eigenvalue weighted by molar-refractivity contribution is 8.18. The molecule has 3 aromatic rings. The molecule has 2 aromatic carbocycles. The SMILES string of the molecule is COC(=O)c1ccccc1-n1c(C)cc(/C=C2\SC(=O)N(CCOc3ccc(Cl)cc3)C2=O)c1C. The molecule has 0 aliphatic carbocycles. The molecule has 2 amide bonds. The first kappa shape index (κ1) is 24.6. The molecule has 180 valence electrons. The zero-order chi connectivity index (χ0) is 25.1. The normalized spacial score (nSPS) is 14.6. The number of rotatable bonds is 7. The standard InChI is InChI=1S/C26H23ClN2O5S/c1-16-14-18(17(2)29(16)22-7-5-4-6-21(22)25(31)33-3)15-23-24(30)28(26(32)35-23)12-13-34-20-10-8-19(27)9-11-20/h4-11,14-15H,12-13H2,1-3H3/b23-15-. The van der Waals surface area contributed by atoms with Gasteiger partial charge < -0.3 is 14.0 Å². The third-order valence-corrected chi connectivity index (χ3v) is 6.74. The van der Waals surface area contributed by atoms with Crippen molar-refractivity contribution < 1.29 is 23.9 Å². The molecule has 0 spiro atoms. The van der Waals surface area contributed by atoms with Crippen LogP contribution in [0.4, 0.5) is 4.79 Å². The number of benzene rings is 2. The number of thioether (sulfide) groups is 1. The maximum atomic E-state index is 12.9. The summed E-state index contributed by atoms with van der Waals surface area (Å²) in [4.78, 5) is 39.2. The molecule has 0 unspecified atom stereocenters. The first-order valence-corrected chi connectivity index (χ1v) is 12.0. The van der Waals surface area contributed by atoms with Crippen molar-refractivity contribution in [2.24, 2.45) is 0 Å². The van der Waals surface area contributed by atoms with Gasteiger partial charge in [0.25, 0.3) is 11.1 Å². The van der Waals surface area contributed by atoms with Crippen molar-refractivity contribution in [2.75, 3.05) is 20.3 Å². The number of ether oxygens (including phenoxy) is 2. The number of nitrogens with zero attached hydrogens (tertiary/aromatic N) is 2. The van der Waals surface area contributed by atoms with Gasteiger partial charge in [-0.25, -0.2) is 4.79 Å². The smallest absolute Gasteiger partial charge is 0.339 e. The summed E-state index contributed by atoms with van der Waals surface area (Å²) in [5.74, 6) is -0.187. The molecule has 1 aromatic heterocycles. The minimum absolute atomic E-state index is 0.135. The van der Waals surface area contributed by atoms with Crippen molar-refractivity contribution in [3.05, 3.63) is 87.0 Å². The van der Waals surface area contributed by atoms with Crippen LogP contribution in [0.5, 0.6) is 5.75 Å². The number of para-hydroxylation sites is 1. The van der Waals surface area contributed by atoms with Crippen LogP contribution in [0.2, 0.25) is 5.02 Å². The maximum absolute atomic E-state index is 12.9. The van der Waals surface area contributed by atoms with Crippen LogP contribution < -0.4 is 4.74 Å². The monoisotopic (exact) mass is 510 g/mol. The fourth-order valence-corrected chi connectivity index (χ4v) is 4.86. The van der Waals surface area contributed by atoms with E-state index < -0.39 is 5.97 Å². The van der Waals surface area contributed by atoms with Gasteiger partial charge in [0.1, 0.15) is 12.4 Å². The van der Waals surface area contributed by atoms with E-state index in [1.54, 1.807) is 42.5 Å². The molecule has 1 aliphatic heterocycles. The molecule has 7 nitrogen and oxygen atoms in total. The highest BCUT2D eigenvalue weighted by atomic mass is 35.5. The molecular formula is C26H23ClN2O5S. The molecule has 4 rings (SSSR count). The lowest BCUT2D eigenvalue weighted by Gasteiger charge is -2.13. The number of aromatic nitrogens is 1. The van der Waals surface area contributed by atoms with E-state index >= 15 is 0 Å². The van der Waals surface area contributed by atoms with E-state index in [2.05, 4.69) is 0 Å². The first-order chi connectivity index (χ1) is 16.8. The molecule has 9 heteroatoms. The third-order valence-electron chi connectivity index (χ3n) is 5.58. The van der Waals surface area contributed by atoms with Crippen LogP contribution >= 0.6 is 23.4 Å². The Morgan fingerprint density at radius 2 is 1.80 bits per heavy atom. The Morgan fingerprint density at radius 3 is 2.51 bits per heavy atom. The Bertz CT molecular complexity index is 1330. The molecule has 0 bridgehead atoms. The summed E-state index contributed by atoms with van der Waals surface area (Å²) < 4.78 is 12.5. The van der Waals surface area contributed by atoms with Gasteiger partial charge in [0, 0.05) is 16.4 Å². The first-order valence-electron chi connectivity index (χ1n) is 10.8. The van der Waals surface area contributed by atoms with E-state index in [0.29, 0.717) is 26.9 Å². The molecule has 1 aliphatic rings. The van der Waals surface area contributed by atoms with Gasteiger partial charge in [-0.1, -0.05) is 23.7 Å². The van der Waals surface area contributed by atoms with E-state index in [4.69, 9.17) is 21.1 Å². The zero-order valence-corrected chi connectivity index (χ0v) is 21.0. The van der Waals surface area contributed by atoms with E-state index in [-0.39, 0.29) is 24.3 Å². The molecule has 0 N–H and O–H groups in total. The number of aryl methyl sites for hydroxylation is 1. The van der Waals surface area contributed by atoms with Crippen LogP contribution in [0.25, 0.3) is 11.8 Å². The average molecular weight is 511 g/mol. The minimum atomic E-state index is -0.434. The van der Waals surface area contributed by atoms with Crippen molar-refractivity contribution >= 4 is 46.6 Å². The highest BCUT2D eigenvalue weighted by Crippen LogP contribution is 2.34. The summed E-state index contributed by atoms with van der Waals surface area (Å²) in [6.45, 7) is 4.12. The number of methoxy groups -OCH3 is 1. The Morgan fingerprint density at radius 1 is 1.09 bits per heavy atom. The van der Waals surface area contributed by atoms with Gasteiger partial charge in [0.05, 0.1) is 29.8 Å². The Hall–Kier alpha value is -3.49. The Labute approximate surface area is 212 Å². The molecule has 1 saturated heterocycles. The molecular weight excluding hydrogens is 488 g/mol. The number of amides is 2. The zero-order valence-electron chi connectivity index (χ0n) is 19.4. The van der Waals surface area contributed by atoms with Gasteiger partial charge in [-0.05, 0) is 79.7 Å². The molecule has 0 saturated carbocycles. The summed E-state index contributed by atoms with van der Waals surface area (Å²) in [7, 11) is 1.34. The largest absolute Gasteiger partial charge is 0.492 e. The van der Waals surface area contributed by atoms with Gasteiger partial charge >= 0.3 is 5.97 Å². The second-order valence-electron chi connectivity index (χ2n) is 7.81. The number of halogens is 1. The molecule has 0 radical (unpaired) electrons. The highest BCUT2D eigenvalue weighted by Gasteiger charge is 2.35. The summed E-state index contributed by atoms with van der Waals surface area (Å²) >= 11 is 6.77. The van der Waals surface area contributed by atoms with Crippen molar-refractivity contribution in [2.45, 2.75) is 13.8 Å². The molecule has 35 heavy (non-hydrogen) atoms. The fourth-order valence-electron chi connectivity index (χ4n) is 3.88. The number of hydrogen-bond donors (Lipinski definition) is 0. The second kappa shape index (κ2) is 10.4. The predicted octanol–water partition coefficient (Wildman–Crippen LogP) is 5.65. The molecule has 1 fully saturated rings. The quantitative estimate of drug-likeness (QED) is 0.302. The predicted molar refractivity (Wildman–Crippen MR) is 136 cm³/mol. The minimum Gasteiger partial charge on any atom is -0.492 e. The van der Waals surface area contributed by atoms with Gasteiger partial charge in [0.2, 0.25) is 0 Å². The number of carbonyl (C=O) groups is 3. The van der Waals surface area contributed by atoms with Crippen LogP contribution in [-0.2, 0) is 9.53 Å². The summed E-state index contributed by atoms with van der Waals surface area (Å²) in [6.07, 6.45) is 1.71. The topological polar surface area (TPSA) is 77.8 Å². The Kier molecular flexibility index (Phi) is 7.33. The van der Waals surface area contributed by atoms with E-state index in [0.717, 1.165) is 28.7 Å².